The smallest absolute Gasteiger partial charge is 0.418 e. The summed E-state index contributed by atoms with van der Waals surface area (Å²) in [7, 11) is 0. The van der Waals surface area contributed by atoms with Crippen molar-refractivity contribution in [3.63, 3.8) is 0 Å². The minimum absolute atomic E-state index is 0.0586. The predicted octanol–water partition coefficient (Wildman–Crippen LogP) is 5.77. The number of aryl methyl sites for hydroxylation is 1. The van der Waals surface area contributed by atoms with Crippen molar-refractivity contribution in [3.05, 3.63) is 89.7 Å². The minimum Gasteiger partial charge on any atom is -0.459 e. The van der Waals surface area contributed by atoms with Crippen molar-refractivity contribution in [1.29, 1.82) is 0 Å². The van der Waals surface area contributed by atoms with Crippen molar-refractivity contribution in [2.24, 2.45) is 0 Å². The molecule has 0 atom stereocenters. The Labute approximate surface area is 185 Å². The lowest BCUT2D eigenvalue weighted by molar-refractivity contribution is -0.136. The molecule has 0 radical (unpaired) electrons. The van der Waals surface area contributed by atoms with E-state index in [0.29, 0.717) is 5.56 Å². The monoisotopic (exact) mass is 455 g/mol. The summed E-state index contributed by atoms with van der Waals surface area (Å²) in [5, 5.41) is 4.56. The third-order valence-electron chi connectivity index (χ3n) is 4.61. The van der Waals surface area contributed by atoms with Gasteiger partial charge in [-0.25, -0.2) is 4.98 Å². The number of anilines is 2. The van der Waals surface area contributed by atoms with Gasteiger partial charge in [0.05, 0.1) is 17.5 Å². The first kappa shape index (κ1) is 21.9. The highest BCUT2D eigenvalue weighted by atomic mass is 19.4. The number of oxazole rings is 1. The summed E-state index contributed by atoms with van der Waals surface area (Å²) < 4.78 is 51.5. The summed E-state index contributed by atoms with van der Waals surface area (Å²) in [4.78, 5) is 28.9. The third kappa shape index (κ3) is 4.79. The van der Waals surface area contributed by atoms with E-state index >= 15 is 0 Å². The van der Waals surface area contributed by atoms with Crippen LogP contribution in [0.25, 0.3) is 11.5 Å². The van der Waals surface area contributed by atoms with Gasteiger partial charge in [0, 0.05) is 11.3 Å². The van der Waals surface area contributed by atoms with E-state index in [1.165, 1.54) is 31.4 Å². The molecular formula is C23H16F3N3O4. The van der Waals surface area contributed by atoms with Crippen LogP contribution in [0, 0.1) is 6.92 Å². The van der Waals surface area contributed by atoms with E-state index < -0.39 is 29.2 Å². The van der Waals surface area contributed by atoms with E-state index in [-0.39, 0.29) is 28.8 Å². The molecule has 4 rings (SSSR count). The number of amides is 2. The second-order valence-corrected chi connectivity index (χ2v) is 6.93. The summed E-state index contributed by atoms with van der Waals surface area (Å²) >= 11 is 0. The first-order valence-corrected chi connectivity index (χ1v) is 9.62. The van der Waals surface area contributed by atoms with Crippen molar-refractivity contribution >= 4 is 23.2 Å². The lowest BCUT2D eigenvalue weighted by Crippen LogP contribution is -2.18. The number of nitrogens with one attached hydrogen (secondary N) is 2. The minimum atomic E-state index is -4.80. The molecular weight excluding hydrogens is 439 g/mol. The van der Waals surface area contributed by atoms with Gasteiger partial charge in [-0.3, -0.25) is 9.59 Å². The van der Waals surface area contributed by atoms with Crippen molar-refractivity contribution in [2.75, 3.05) is 10.6 Å². The molecule has 2 heterocycles. The number of aromatic nitrogens is 1. The molecule has 0 spiro atoms. The molecule has 10 heteroatoms. The Kier molecular flexibility index (Phi) is 5.74. The number of benzene rings is 2. The van der Waals surface area contributed by atoms with E-state index in [0.717, 1.165) is 12.1 Å². The van der Waals surface area contributed by atoms with Gasteiger partial charge in [0.25, 0.3) is 11.8 Å². The van der Waals surface area contributed by atoms with Crippen LogP contribution < -0.4 is 10.6 Å². The molecule has 0 aliphatic rings. The maximum absolute atomic E-state index is 13.7. The van der Waals surface area contributed by atoms with E-state index in [1.807, 2.05) is 0 Å². The number of furan rings is 1. The highest BCUT2D eigenvalue weighted by Gasteiger charge is 2.35. The van der Waals surface area contributed by atoms with Crippen molar-refractivity contribution in [3.8, 4) is 11.5 Å². The number of halogens is 3. The predicted molar refractivity (Wildman–Crippen MR) is 113 cm³/mol. The molecule has 2 amide bonds. The highest BCUT2D eigenvalue weighted by molar-refractivity contribution is 6.05. The number of rotatable bonds is 5. The molecule has 4 aromatic rings. The molecule has 7 nitrogen and oxygen atoms in total. The Morgan fingerprint density at radius 3 is 2.36 bits per heavy atom. The van der Waals surface area contributed by atoms with Gasteiger partial charge in [0.15, 0.2) is 11.5 Å². The van der Waals surface area contributed by atoms with Crippen LogP contribution >= 0.6 is 0 Å². The topological polar surface area (TPSA) is 97.4 Å². The maximum Gasteiger partial charge on any atom is 0.418 e. The molecule has 0 saturated carbocycles. The lowest BCUT2D eigenvalue weighted by Gasteiger charge is -2.15. The normalized spacial score (nSPS) is 11.3. The molecule has 0 fully saturated rings. The summed E-state index contributed by atoms with van der Waals surface area (Å²) in [6.07, 6.45) is -3.54. The fourth-order valence-corrected chi connectivity index (χ4v) is 3.06. The average Bonchev–Trinajstić information content (AvgIpc) is 3.45. The molecule has 2 aromatic heterocycles. The first-order valence-electron chi connectivity index (χ1n) is 9.62. The number of alkyl halides is 3. The molecule has 33 heavy (non-hydrogen) atoms. The third-order valence-corrected chi connectivity index (χ3v) is 4.61. The van der Waals surface area contributed by atoms with E-state index in [9.17, 15) is 22.8 Å². The molecule has 2 N–H and O–H groups in total. The maximum atomic E-state index is 13.7. The van der Waals surface area contributed by atoms with Gasteiger partial charge in [0.1, 0.15) is 5.76 Å². The fourth-order valence-electron chi connectivity index (χ4n) is 3.06. The summed E-state index contributed by atoms with van der Waals surface area (Å²) in [6, 6.07) is 14.6. The second kappa shape index (κ2) is 8.65. The SMILES string of the molecule is Cc1oc(-c2ccccc2)nc1C(=O)Nc1ccc(NC(=O)c2ccco2)cc1C(F)(F)F. The Hall–Kier alpha value is -4.34. The van der Waals surface area contributed by atoms with Gasteiger partial charge in [-0.2, -0.15) is 13.2 Å². The summed E-state index contributed by atoms with van der Waals surface area (Å²) in [5.74, 6) is -1.31. The van der Waals surface area contributed by atoms with Crippen LogP contribution in [-0.4, -0.2) is 16.8 Å². The number of carbonyl (C=O) groups excluding carboxylic acids is 2. The second-order valence-electron chi connectivity index (χ2n) is 6.93. The Balaban J connectivity index is 1.59. The van der Waals surface area contributed by atoms with E-state index in [2.05, 4.69) is 15.6 Å². The van der Waals surface area contributed by atoms with Gasteiger partial charge >= 0.3 is 6.18 Å². The number of nitrogens with zero attached hydrogens (tertiary/aromatic N) is 1. The van der Waals surface area contributed by atoms with Gasteiger partial charge in [0.2, 0.25) is 5.89 Å². The van der Waals surface area contributed by atoms with Crippen molar-refractivity contribution in [1.82, 2.24) is 4.98 Å². The van der Waals surface area contributed by atoms with Crippen LogP contribution in [0.1, 0.15) is 32.4 Å². The van der Waals surface area contributed by atoms with Crippen molar-refractivity contribution < 1.29 is 31.6 Å². The van der Waals surface area contributed by atoms with Crippen LogP contribution in [0.4, 0.5) is 24.5 Å². The van der Waals surface area contributed by atoms with Crippen molar-refractivity contribution in [2.45, 2.75) is 13.1 Å². The van der Waals surface area contributed by atoms with Crippen LogP contribution in [-0.2, 0) is 6.18 Å². The van der Waals surface area contributed by atoms with Crippen LogP contribution in [0.5, 0.6) is 0 Å². The molecule has 0 aliphatic heterocycles. The zero-order chi connectivity index (χ0) is 23.6. The lowest BCUT2D eigenvalue weighted by atomic mass is 10.1. The fraction of sp³-hybridized carbons (Fsp3) is 0.0870. The molecule has 168 valence electrons. The number of hydrogen-bond acceptors (Lipinski definition) is 5. The zero-order valence-corrected chi connectivity index (χ0v) is 17.1. The highest BCUT2D eigenvalue weighted by Crippen LogP contribution is 2.37. The quantitative estimate of drug-likeness (QED) is 0.398. The largest absolute Gasteiger partial charge is 0.459 e. The van der Waals surface area contributed by atoms with Gasteiger partial charge in [-0.1, -0.05) is 18.2 Å². The standard InChI is InChI=1S/C23H16F3N3O4/c1-13-19(29-22(33-13)14-6-3-2-4-7-14)21(31)28-17-10-9-15(12-16(17)23(24,25)26)27-20(30)18-8-5-11-32-18/h2-12H,1H3,(H,27,30)(H,28,31). The average molecular weight is 455 g/mol. The van der Waals surface area contributed by atoms with E-state index in [1.54, 1.807) is 30.3 Å². The summed E-state index contributed by atoms with van der Waals surface area (Å²) in [5.41, 5.74) is -1.28. The molecule has 0 unspecified atom stereocenters. The molecule has 0 saturated heterocycles. The molecule has 0 aliphatic carbocycles. The van der Waals surface area contributed by atoms with Crippen LogP contribution in [0.2, 0.25) is 0 Å². The molecule has 0 bridgehead atoms. The van der Waals surface area contributed by atoms with Crippen LogP contribution in [0.15, 0.2) is 75.8 Å². The van der Waals surface area contributed by atoms with Gasteiger partial charge in [-0.05, 0) is 49.4 Å². The zero-order valence-electron chi connectivity index (χ0n) is 17.1. The Morgan fingerprint density at radius 2 is 1.70 bits per heavy atom. The number of hydrogen-bond donors (Lipinski definition) is 2. The first-order chi connectivity index (χ1) is 15.7. The number of carbonyl (C=O) groups is 2. The Morgan fingerprint density at radius 1 is 0.939 bits per heavy atom. The Bertz CT molecular complexity index is 1300. The van der Waals surface area contributed by atoms with E-state index in [4.69, 9.17) is 8.83 Å². The van der Waals surface area contributed by atoms with Gasteiger partial charge < -0.3 is 19.5 Å². The van der Waals surface area contributed by atoms with Gasteiger partial charge in [-0.15, -0.1) is 0 Å². The molecule has 2 aromatic carbocycles. The summed E-state index contributed by atoms with van der Waals surface area (Å²) in [6.45, 7) is 1.49. The van der Waals surface area contributed by atoms with Crippen LogP contribution in [0.3, 0.4) is 0 Å².